The Balaban J connectivity index is 1.97. The number of halogens is 1. The van der Waals surface area contributed by atoms with Gasteiger partial charge >= 0.3 is 0 Å². The molecule has 4 nitrogen and oxygen atoms in total. The highest BCUT2D eigenvalue weighted by Crippen LogP contribution is 2.23. The lowest BCUT2D eigenvalue weighted by Gasteiger charge is -2.12. The molecule has 2 heterocycles. The molecule has 0 aliphatic carbocycles. The third kappa shape index (κ3) is 1.93. The van der Waals surface area contributed by atoms with E-state index < -0.39 is 0 Å². The van der Waals surface area contributed by atoms with E-state index in [1.807, 2.05) is 0 Å². The van der Waals surface area contributed by atoms with Crippen LogP contribution in [-0.2, 0) is 0 Å². The van der Waals surface area contributed by atoms with Crippen LogP contribution < -0.4 is 5.32 Å². The van der Waals surface area contributed by atoms with Gasteiger partial charge in [0.25, 0.3) is 0 Å². The molecule has 1 fully saturated rings. The number of benzene rings is 1. The fraction of sp³-hybridized carbons (Fsp3) is 0.333. The Morgan fingerprint density at radius 3 is 2.82 bits per heavy atom. The van der Waals surface area contributed by atoms with Gasteiger partial charge in [0.05, 0.1) is 6.04 Å². The molecular weight excluding hydrogens is 219 g/mol. The van der Waals surface area contributed by atoms with Gasteiger partial charge in [-0.15, -0.1) is 10.2 Å². The summed E-state index contributed by atoms with van der Waals surface area (Å²) in [7, 11) is 0. The molecule has 3 rings (SSSR count). The summed E-state index contributed by atoms with van der Waals surface area (Å²) in [4.78, 5) is 0. The summed E-state index contributed by atoms with van der Waals surface area (Å²) >= 11 is 0. The minimum Gasteiger partial charge on any atom is -0.315 e. The van der Waals surface area contributed by atoms with Gasteiger partial charge in [-0.25, -0.2) is 4.39 Å². The molecule has 1 aromatic heterocycles. The topological polar surface area (TPSA) is 42.7 Å². The van der Waals surface area contributed by atoms with Crippen molar-refractivity contribution in [3.63, 3.8) is 0 Å². The summed E-state index contributed by atoms with van der Waals surface area (Å²) in [5.74, 6) is 0.570. The highest BCUT2D eigenvalue weighted by Gasteiger charge is 2.20. The molecule has 1 N–H and O–H groups in total. The Labute approximate surface area is 98.5 Å². The van der Waals surface area contributed by atoms with Crippen LogP contribution in [0.5, 0.6) is 0 Å². The van der Waals surface area contributed by atoms with Gasteiger partial charge in [0.1, 0.15) is 12.1 Å². The average molecular weight is 232 g/mol. The lowest BCUT2D eigenvalue weighted by Crippen LogP contribution is -2.13. The number of hydrogen-bond donors (Lipinski definition) is 1. The maximum Gasteiger partial charge on any atom is 0.164 e. The summed E-state index contributed by atoms with van der Waals surface area (Å²) < 4.78 is 14.9. The van der Waals surface area contributed by atoms with Crippen molar-refractivity contribution in [1.29, 1.82) is 0 Å². The van der Waals surface area contributed by atoms with Gasteiger partial charge < -0.3 is 9.88 Å². The quantitative estimate of drug-likeness (QED) is 0.855. The first-order valence-corrected chi connectivity index (χ1v) is 5.71. The second-order valence-electron chi connectivity index (χ2n) is 4.22. The molecule has 1 aliphatic rings. The Morgan fingerprint density at radius 2 is 2.12 bits per heavy atom. The molecule has 1 unspecified atom stereocenters. The van der Waals surface area contributed by atoms with E-state index in [0.717, 1.165) is 30.9 Å². The summed E-state index contributed by atoms with van der Waals surface area (Å²) in [5, 5.41) is 11.4. The van der Waals surface area contributed by atoms with E-state index >= 15 is 0 Å². The Morgan fingerprint density at radius 1 is 1.29 bits per heavy atom. The molecule has 1 aliphatic heterocycles. The van der Waals surface area contributed by atoms with E-state index in [4.69, 9.17) is 0 Å². The molecule has 1 atom stereocenters. The van der Waals surface area contributed by atoms with Crippen LogP contribution >= 0.6 is 0 Å². The molecule has 17 heavy (non-hydrogen) atoms. The van der Waals surface area contributed by atoms with Crippen molar-refractivity contribution in [1.82, 2.24) is 20.1 Å². The molecule has 88 valence electrons. The average Bonchev–Trinajstić information content (AvgIpc) is 3.00. The van der Waals surface area contributed by atoms with Crippen molar-refractivity contribution in [2.75, 3.05) is 13.1 Å². The maximum absolute atomic E-state index is 12.9. The second-order valence-corrected chi connectivity index (χ2v) is 4.22. The number of nitrogens with one attached hydrogen (secondary N) is 1. The third-order valence-electron chi connectivity index (χ3n) is 3.10. The van der Waals surface area contributed by atoms with Crippen LogP contribution in [0, 0.1) is 5.82 Å². The molecule has 1 aromatic carbocycles. The smallest absolute Gasteiger partial charge is 0.164 e. The van der Waals surface area contributed by atoms with Crippen LogP contribution in [0.4, 0.5) is 4.39 Å². The van der Waals surface area contributed by atoms with Crippen LogP contribution in [0.1, 0.15) is 12.5 Å². The first-order valence-electron chi connectivity index (χ1n) is 5.71. The molecule has 5 heteroatoms. The van der Waals surface area contributed by atoms with Gasteiger partial charge in [0, 0.05) is 12.1 Å². The molecule has 0 amide bonds. The van der Waals surface area contributed by atoms with Gasteiger partial charge in [-0.05, 0) is 37.2 Å². The SMILES string of the molecule is Fc1ccc(-c2nncn2C2CCNC2)cc1. The van der Waals surface area contributed by atoms with Crippen LogP contribution in [0.3, 0.4) is 0 Å². The van der Waals surface area contributed by atoms with E-state index in [1.54, 1.807) is 18.5 Å². The van der Waals surface area contributed by atoms with Gasteiger partial charge in [-0.1, -0.05) is 0 Å². The second kappa shape index (κ2) is 4.25. The first-order chi connectivity index (χ1) is 8.34. The highest BCUT2D eigenvalue weighted by molar-refractivity contribution is 5.54. The molecule has 1 saturated heterocycles. The monoisotopic (exact) mass is 232 g/mol. The zero-order valence-electron chi connectivity index (χ0n) is 9.31. The number of hydrogen-bond acceptors (Lipinski definition) is 3. The standard InChI is InChI=1S/C12H13FN4/c13-10-3-1-9(2-4-10)12-16-15-8-17(12)11-5-6-14-7-11/h1-4,8,11,14H,5-7H2. The van der Waals surface area contributed by atoms with E-state index in [2.05, 4.69) is 20.1 Å². The third-order valence-corrected chi connectivity index (χ3v) is 3.10. The van der Waals surface area contributed by atoms with Crippen LogP contribution in [-0.4, -0.2) is 27.9 Å². The first kappa shape index (κ1) is 10.4. The summed E-state index contributed by atoms with van der Waals surface area (Å²) in [6, 6.07) is 6.75. The molecular formula is C12H13FN4. The van der Waals surface area contributed by atoms with E-state index in [9.17, 15) is 4.39 Å². The van der Waals surface area contributed by atoms with Crippen molar-refractivity contribution >= 4 is 0 Å². The molecule has 0 spiro atoms. The lowest BCUT2D eigenvalue weighted by molar-refractivity contribution is 0.550. The van der Waals surface area contributed by atoms with E-state index in [-0.39, 0.29) is 5.82 Å². The van der Waals surface area contributed by atoms with Crippen LogP contribution in [0.15, 0.2) is 30.6 Å². The zero-order chi connectivity index (χ0) is 11.7. The van der Waals surface area contributed by atoms with Crippen LogP contribution in [0.25, 0.3) is 11.4 Å². The summed E-state index contributed by atoms with van der Waals surface area (Å²) in [5.41, 5.74) is 0.899. The number of aromatic nitrogens is 3. The minimum absolute atomic E-state index is 0.234. The van der Waals surface area contributed by atoms with Gasteiger partial charge in [-0.2, -0.15) is 0 Å². The van der Waals surface area contributed by atoms with E-state index in [0.29, 0.717) is 6.04 Å². The van der Waals surface area contributed by atoms with Crippen LogP contribution in [0.2, 0.25) is 0 Å². The van der Waals surface area contributed by atoms with E-state index in [1.165, 1.54) is 12.1 Å². The minimum atomic E-state index is -0.234. The predicted molar refractivity (Wildman–Crippen MR) is 61.9 cm³/mol. The predicted octanol–water partition coefficient (Wildman–Crippen LogP) is 1.62. The fourth-order valence-electron chi connectivity index (χ4n) is 2.19. The van der Waals surface area contributed by atoms with Gasteiger partial charge in [0.2, 0.25) is 0 Å². The van der Waals surface area contributed by atoms with Gasteiger partial charge in [0.15, 0.2) is 5.82 Å². The summed E-state index contributed by atoms with van der Waals surface area (Å²) in [6.45, 7) is 1.96. The highest BCUT2D eigenvalue weighted by atomic mass is 19.1. The van der Waals surface area contributed by atoms with Gasteiger partial charge in [-0.3, -0.25) is 0 Å². The Kier molecular flexibility index (Phi) is 2.60. The fourth-order valence-corrected chi connectivity index (χ4v) is 2.19. The lowest BCUT2D eigenvalue weighted by atomic mass is 10.2. The normalized spacial score (nSPS) is 19.7. The molecule has 0 bridgehead atoms. The Bertz CT molecular complexity index is 499. The number of nitrogens with zero attached hydrogens (tertiary/aromatic N) is 3. The molecule has 0 saturated carbocycles. The molecule has 2 aromatic rings. The van der Waals surface area contributed by atoms with Crippen molar-refractivity contribution in [2.24, 2.45) is 0 Å². The largest absolute Gasteiger partial charge is 0.315 e. The van der Waals surface area contributed by atoms with Crippen molar-refractivity contribution in [2.45, 2.75) is 12.5 Å². The van der Waals surface area contributed by atoms with Crippen molar-refractivity contribution in [3.05, 3.63) is 36.4 Å². The Hall–Kier alpha value is -1.75. The number of rotatable bonds is 2. The summed E-state index contributed by atoms with van der Waals surface area (Å²) in [6.07, 6.45) is 2.82. The zero-order valence-corrected chi connectivity index (χ0v) is 9.31. The molecule has 0 radical (unpaired) electrons. The van der Waals surface area contributed by atoms with Crippen molar-refractivity contribution < 1.29 is 4.39 Å². The van der Waals surface area contributed by atoms with Crippen molar-refractivity contribution in [3.8, 4) is 11.4 Å². The maximum atomic E-state index is 12.9.